The largest absolute Gasteiger partial charge is 0.282 e. The molecule has 4 nitrogen and oxygen atoms in total. The second kappa shape index (κ2) is 6.61. The summed E-state index contributed by atoms with van der Waals surface area (Å²) in [5, 5.41) is 10.1. The summed E-state index contributed by atoms with van der Waals surface area (Å²) >= 11 is 0. The van der Waals surface area contributed by atoms with Gasteiger partial charge in [-0.3, -0.25) is 15.1 Å². The molecule has 0 unspecified atom stereocenters. The summed E-state index contributed by atoms with van der Waals surface area (Å²) in [6, 6.07) is 3.33. The Bertz CT molecular complexity index is 324. The third-order valence-electron chi connectivity index (χ3n) is 1.31. The summed E-state index contributed by atoms with van der Waals surface area (Å²) in [5.41, 5.74) is 1.23. The van der Waals surface area contributed by atoms with Crippen LogP contribution >= 0.6 is 0 Å². The second-order valence-electron chi connectivity index (χ2n) is 2.29. The van der Waals surface area contributed by atoms with Crippen LogP contribution in [0.15, 0.2) is 18.3 Å². The number of aryl methyl sites for hydroxylation is 1. The molecule has 0 saturated carbocycles. The maximum absolute atomic E-state index is 11.0. The molecular weight excluding hydrogens is 178 g/mol. The maximum atomic E-state index is 11.0. The number of rotatable bonds is 1. The zero-order valence-corrected chi connectivity index (χ0v) is 8.53. The Kier molecular flexibility index (Phi) is 5.72. The first-order chi connectivity index (χ1) is 6.74. The molecule has 0 atom stereocenters. The number of nitriles is 1. The lowest BCUT2D eigenvalue weighted by atomic mass is 10.3. The number of nitrogens with zero attached hydrogens (tertiary/aromatic N) is 2. The average molecular weight is 191 g/mol. The quantitative estimate of drug-likeness (QED) is 0.542. The van der Waals surface area contributed by atoms with Crippen LogP contribution in [0.25, 0.3) is 0 Å². The van der Waals surface area contributed by atoms with Crippen LogP contribution < -0.4 is 5.32 Å². The van der Waals surface area contributed by atoms with Gasteiger partial charge in [-0.1, -0.05) is 19.9 Å². The summed E-state index contributed by atoms with van der Waals surface area (Å²) in [4.78, 5) is 14.8. The number of pyridine rings is 1. The van der Waals surface area contributed by atoms with E-state index in [1.165, 1.54) is 0 Å². The molecule has 0 saturated heterocycles. The van der Waals surface area contributed by atoms with Gasteiger partial charge in [0, 0.05) is 6.20 Å². The number of hydrogen-bond acceptors (Lipinski definition) is 3. The van der Waals surface area contributed by atoms with Gasteiger partial charge in [-0.05, 0) is 18.6 Å². The van der Waals surface area contributed by atoms with Gasteiger partial charge in [0.1, 0.15) is 5.69 Å². The number of hydrogen-bond donors (Lipinski definition) is 1. The van der Waals surface area contributed by atoms with E-state index in [9.17, 15) is 4.79 Å². The zero-order valence-electron chi connectivity index (χ0n) is 8.53. The van der Waals surface area contributed by atoms with Crippen molar-refractivity contribution in [2.24, 2.45) is 0 Å². The van der Waals surface area contributed by atoms with Crippen LogP contribution in [-0.2, 0) is 0 Å². The minimum Gasteiger partial charge on any atom is -0.266 e. The van der Waals surface area contributed by atoms with Crippen LogP contribution in [0.4, 0.5) is 0 Å². The number of carbonyl (C=O) groups is 1. The van der Waals surface area contributed by atoms with Gasteiger partial charge in [0.2, 0.25) is 0 Å². The molecule has 0 aliphatic rings. The number of carbonyl (C=O) groups excluding carboxylic acids is 1. The third-order valence-corrected chi connectivity index (χ3v) is 1.31. The molecule has 0 aliphatic carbocycles. The summed E-state index contributed by atoms with van der Waals surface area (Å²) in [6.45, 7) is 5.87. The van der Waals surface area contributed by atoms with Crippen molar-refractivity contribution in [3.63, 3.8) is 0 Å². The number of amides is 1. The van der Waals surface area contributed by atoms with E-state index >= 15 is 0 Å². The van der Waals surface area contributed by atoms with Crippen molar-refractivity contribution >= 4 is 5.91 Å². The van der Waals surface area contributed by atoms with Gasteiger partial charge in [0.25, 0.3) is 5.91 Å². The predicted octanol–water partition coefficient (Wildman–Crippen LogP) is 1.63. The van der Waals surface area contributed by atoms with Crippen LogP contribution in [0.5, 0.6) is 0 Å². The predicted molar refractivity (Wildman–Crippen MR) is 53.4 cm³/mol. The Balaban J connectivity index is 0.000000791. The Morgan fingerprint density at radius 2 is 2.14 bits per heavy atom. The van der Waals surface area contributed by atoms with Gasteiger partial charge in [-0.2, -0.15) is 5.26 Å². The van der Waals surface area contributed by atoms with Crippen molar-refractivity contribution in [2.75, 3.05) is 0 Å². The molecule has 4 heteroatoms. The highest BCUT2D eigenvalue weighted by Gasteiger charge is 2.03. The molecule has 74 valence electrons. The fourth-order valence-electron chi connectivity index (χ4n) is 0.717. The maximum Gasteiger partial charge on any atom is 0.282 e. The first-order valence-electron chi connectivity index (χ1n) is 4.36. The molecule has 0 bridgehead atoms. The van der Waals surface area contributed by atoms with Gasteiger partial charge in [0.05, 0.1) is 0 Å². The summed E-state index contributed by atoms with van der Waals surface area (Å²) in [7, 11) is 0. The number of aromatic nitrogens is 1. The molecule has 1 aromatic rings. The molecule has 1 aromatic heterocycles. The van der Waals surface area contributed by atoms with E-state index in [0.717, 1.165) is 5.56 Å². The highest BCUT2D eigenvalue weighted by molar-refractivity contribution is 5.93. The van der Waals surface area contributed by atoms with Crippen molar-refractivity contribution in [1.29, 1.82) is 5.26 Å². The van der Waals surface area contributed by atoms with Gasteiger partial charge in [-0.15, -0.1) is 0 Å². The molecule has 1 rings (SSSR count). The Morgan fingerprint density at radius 3 is 2.57 bits per heavy atom. The molecule has 1 heterocycles. The highest BCUT2D eigenvalue weighted by Crippen LogP contribution is 1.97. The minimum absolute atomic E-state index is 0.252. The van der Waals surface area contributed by atoms with Crippen molar-refractivity contribution in [3.05, 3.63) is 29.6 Å². The van der Waals surface area contributed by atoms with Crippen molar-refractivity contribution in [2.45, 2.75) is 20.8 Å². The standard InChI is InChI=1S/C8H7N3O.C2H6/c1-6-2-3-7(10-4-6)8(12)11-5-9;1-2/h2-4H,1H3,(H,11,12);1-2H3. The zero-order chi connectivity index (χ0) is 11.0. The monoisotopic (exact) mass is 191 g/mol. The fraction of sp³-hybridized carbons (Fsp3) is 0.300. The minimum atomic E-state index is -0.475. The van der Waals surface area contributed by atoms with Gasteiger partial charge in [-0.25, -0.2) is 0 Å². The molecule has 0 spiro atoms. The lowest BCUT2D eigenvalue weighted by molar-refractivity contribution is 0.0968. The van der Waals surface area contributed by atoms with E-state index in [2.05, 4.69) is 4.98 Å². The van der Waals surface area contributed by atoms with Crippen LogP contribution in [0.3, 0.4) is 0 Å². The molecule has 0 aromatic carbocycles. The van der Waals surface area contributed by atoms with E-state index in [1.54, 1.807) is 24.5 Å². The lowest BCUT2D eigenvalue weighted by Gasteiger charge is -1.95. The third kappa shape index (κ3) is 3.68. The van der Waals surface area contributed by atoms with E-state index in [-0.39, 0.29) is 5.69 Å². The van der Waals surface area contributed by atoms with Gasteiger partial charge in [0.15, 0.2) is 6.19 Å². The van der Waals surface area contributed by atoms with E-state index in [4.69, 9.17) is 5.26 Å². The van der Waals surface area contributed by atoms with Crippen molar-refractivity contribution < 1.29 is 4.79 Å². The van der Waals surface area contributed by atoms with Crippen LogP contribution in [0.1, 0.15) is 29.9 Å². The summed E-state index contributed by atoms with van der Waals surface area (Å²) in [5.74, 6) is -0.475. The smallest absolute Gasteiger partial charge is 0.266 e. The summed E-state index contributed by atoms with van der Waals surface area (Å²) in [6.07, 6.45) is 3.12. The molecule has 1 amide bonds. The van der Waals surface area contributed by atoms with E-state index < -0.39 is 5.91 Å². The van der Waals surface area contributed by atoms with Gasteiger partial charge >= 0.3 is 0 Å². The van der Waals surface area contributed by atoms with E-state index in [1.807, 2.05) is 26.1 Å². The van der Waals surface area contributed by atoms with Crippen LogP contribution in [0.2, 0.25) is 0 Å². The van der Waals surface area contributed by atoms with Crippen molar-refractivity contribution in [3.8, 4) is 6.19 Å². The first-order valence-corrected chi connectivity index (χ1v) is 4.36. The Labute approximate surface area is 83.6 Å². The molecule has 0 aliphatic heterocycles. The van der Waals surface area contributed by atoms with Crippen LogP contribution in [-0.4, -0.2) is 10.9 Å². The number of nitrogens with one attached hydrogen (secondary N) is 1. The average Bonchev–Trinajstić information content (AvgIpc) is 2.22. The molecule has 0 fully saturated rings. The second-order valence-corrected chi connectivity index (χ2v) is 2.29. The molecule has 14 heavy (non-hydrogen) atoms. The molecule has 1 N–H and O–H groups in total. The molecule has 0 radical (unpaired) electrons. The topological polar surface area (TPSA) is 65.8 Å². The first kappa shape index (κ1) is 12.1. The van der Waals surface area contributed by atoms with Crippen molar-refractivity contribution in [1.82, 2.24) is 10.3 Å². The fourth-order valence-corrected chi connectivity index (χ4v) is 0.717. The highest BCUT2D eigenvalue weighted by atomic mass is 16.1. The lowest BCUT2D eigenvalue weighted by Crippen LogP contribution is -2.18. The Hall–Kier alpha value is -1.89. The van der Waals surface area contributed by atoms with Gasteiger partial charge < -0.3 is 0 Å². The SMILES string of the molecule is CC.Cc1ccc(C(=O)NC#N)nc1. The molecular formula is C10H13N3O. The Morgan fingerprint density at radius 1 is 1.50 bits per heavy atom. The van der Waals surface area contributed by atoms with E-state index in [0.29, 0.717) is 0 Å². The van der Waals surface area contributed by atoms with Crippen LogP contribution in [0, 0.1) is 18.4 Å². The normalized spacial score (nSPS) is 7.86. The summed E-state index contributed by atoms with van der Waals surface area (Å²) < 4.78 is 0.